The van der Waals surface area contributed by atoms with Crippen molar-refractivity contribution in [2.75, 3.05) is 18.1 Å². The lowest BCUT2D eigenvalue weighted by Gasteiger charge is -2.22. The second-order valence-corrected chi connectivity index (χ2v) is 7.00. The minimum absolute atomic E-state index is 0.0101. The fourth-order valence-corrected chi connectivity index (χ4v) is 3.39. The number of carbonyl (C=O) groups is 3. The normalized spacial score (nSPS) is 12.7. The van der Waals surface area contributed by atoms with Gasteiger partial charge in [0, 0.05) is 18.7 Å². The Morgan fingerprint density at radius 3 is 2.38 bits per heavy atom. The molecule has 0 heterocycles. The molecule has 0 fully saturated rings. The molecule has 2 N–H and O–H groups in total. The molecule has 1 aliphatic rings. The molecule has 0 aromatic heterocycles. The maximum absolute atomic E-state index is 13.2. The van der Waals surface area contributed by atoms with Gasteiger partial charge in [-0.25, -0.2) is 9.18 Å². The molecule has 0 saturated carbocycles. The van der Waals surface area contributed by atoms with Gasteiger partial charge in [-0.1, -0.05) is 6.07 Å². The third-order valence-corrected chi connectivity index (χ3v) is 4.93. The summed E-state index contributed by atoms with van der Waals surface area (Å²) in [6.45, 7) is -0.484. The lowest BCUT2D eigenvalue weighted by atomic mass is 9.90. The van der Waals surface area contributed by atoms with Gasteiger partial charge in [-0.05, 0) is 73.2 Å². The molecule has 7 heteroatoms. The summed E-state index contributed by atoms with van der Waals surface area (Å²) in [5.74, 6) is -2.13. The molecular formula is C22H23FN2O4. The molecule has 2 amide bonds. The van der Waals surface area contributed by atoms with Crippen molar-refractivity contribution in [3.05, 3.63) is 65.0 Å². The zero-order valence-electron chi connectivity index (χ0n) is 16.0. The van der Waals surface area contributed by atoms with Crippen LogP contribution in [0.15, 0.2) is 42.5 Å². The Morgan fingerprint density at radius 1 is 1.00 bits per heavy atom. The lowest BCUT2D eigenvalue weighted by Crippen LogP contribution is -2.37. The fraction of sp³-hybridized carbons (Fsp3) is 0.318. The molecule has 2 aromatic rings. The van der Waals surface area contributed by atoms with Crippen LogP contribution in [0.1, 0.15) is 40.7 Å². The van der Waals surface area contributed by atoms with Crippen molar-refractivity contribution in [3.8, 4) is 0 Å². The molecule has 0 unspecified atom stereocenters. The second-order valence-electron chi connectivity index (χ2n) is 7.00. The molecule has 29 heavy (non-hydrogen) atoms. The van der Waals surface area contributed by atoms with Crippen LogP contribution >= 0.6 is 0 Å². The number of nitrogens with two attached hydrogens (primary N) is 1. The number of ether oxygens (including phenoxy) is 1. The topological polar surface area (TPSA) is 89.7 Å². The first-order chi connectivity index (χ1) is 13.9. The molecule has 0 aliphatic heterocycles. The predicted octanol–water partition coefficient (Wildman–Crippen LogP) is 2.77. The lowest BCUT2D eigenvalue weighted by molar-refractivity contribution is -0.121. The van der Waals surface area contributed by atoms with E-state index < -0.39 is 30.2 Å². The van der Waals surface area contributed by atoms with E-state index in [-0.39, 0.29) is 13.0 Å². The Kier molecular flexibility index (Phi) is 6.59. The standard InChI is InChI=1S/C22H23FN2O4/c23-18-7-9-19(10-8-18)25(12-11-20(24)26)21(27)14-29-22(28)17-6-5-15-3-1-2-4-16(15)13-17/h5-10,13H,1-4,11-12,14H2,(H2,24,26). The van der Waals surface area contributed by atoms with Gasteiger partial charge in [0.2, 0.25) is 5.91 Å². The fourth-order valence-electron chi connectivity index (χ4n) is 3.39. The van der Waals surface area contributed by atoms with Crippen molar-refractivity contribution in [2.45, 2.75) is 32.1 Å². The van der Waals surface area contributed by atoms with Crippen molar-refractivity contribution in [1.82, 2.24) is 0 Å². The van der Waals surface area contributed by atoms with E-state index in [4.69, 9.17) is 10.5 Å². The first-order valence-electron chi connectivity index (χ1n) is 9.57. The summed E-state index contributed by atoms with van der Waals surface area (Å²) in [7, 11) is 0. The Balaban J connectivity index is 1.66. The van der Waals surface area contributed by atoms with E-state index in [0.29, 0.717) is 11.3 Å². The number of anilines is 1. The van der Waals surface area contributed by atoms with Crippen LogP contribution in [0.3, 0.4) is 0 Å². The summed E-state index contributed by atoms with van der Waals surface area (Å²) in [4.78, 5) is 37.4. The van der Waals surface area contributed by atoms with Crippen LogP contribution < -0.4 is 10.6 Å². The maximum Gasteiger partial charge on any atom is 0.338 e. The summed E-state index contributed by atoms with van der Waals surface area (Å²) in [6.07, 6.45) is 4.12. The molecule has 0 spiro atoms. The van der Waals surface area contributed by atoms with Crippen LogP contribution in [0.4, 0.5) is 10.1 Å². The van der Waals surface area contributed by atoms with Crippen LogP contribution in [0.25, 0.3) is 0 Å². The molecular weight excluding hydrogens is 375 g/mol. The second kappa shape index (κ2) is 9.32. The number of rotatable bonds is 7. The van der Waals surface area contributed by atoms with Crippen LogP contribution in [-0.2, 0) is 27.2 Å². The largest absolute Gasteiger partial charge is 0.452 e. The van der Waals surface area contributed by atoms with Crippen LogP contribution in [-0.4, -0.2) is 30.9 Å². The first kappa shape index (κ1) is 20.5. The van der Waals surface area contributed by atoms with Crippen molar-refractivity contribution in [3.63, 3.8) is 0 Å². The number of benzene rings is 2. The van der Waals surface area contributed by atoms with E-state index in [1.807, 2.05) is 12.1 Å². The van der Waals surface area contributed by atoms with E-state index >= 15 is 0 Å². The van der Waals surface area contributed by atoms with Gasteiger partial charge in [0.15, 0.2) is 6.61 Å². The molecule has 0 radical (unpaired) electrons. The molecule has 6 nitrogen and oxygen atoms in total. The summed E-state index contributed by atoms with van der Waals surface area (Å²) in [5.41, 5.74) is 8.37. The molecule has 0 atom stereocenters. The Hall–Kier alpha value is -3.22. The van der Waals surface area contributed by atoms with Crippen LogP contribution in [0.2, 0.25) is 0 Å². The van der Waals surface area contributed by atoms with Gasteiger partial charge < -0.3 is 15.4 Å². The predicted molar refractivity (Wildman–Crippen MR) is 106 cm³/mol. The van der Waals surface area contributed by atoms with Crippen molar-refractivity contribution < 1.29 is 23.5 Å². The Bertz CT molecular complexity index is 912. The van der Waals surface area contributed by atoms with Crippen LogP contribution in [0.5, 0.6) is 0 Å². The maximum atomic E-state index is 13.2. The van der Waals surface area contributed by atoms with E-state index in [1.165, 1.54) is 34.7 Å². The van der Waals surface area contributed by atoms with Gasteiger partial charge in [-0.15, -0.1) is 0 Å². The zero-order valence-corrected chi connectivity index (χ0v) is 16.0. The molecule has 0 saturated heterocycles. The highest BCUT2D eigenvalue weighted by molar-refractivity contribution is 5.97. The van der Waals surface area contributed by atoms with E-state index in [2.05, 4.69) is 0 Å². The highest BCUT2D eigenvalue weighted by atomic mass is 19.1. The Labute approximate surface area is 168 Å². The van der Waals surface area contributed by atoms with Gasteiger partial charge in [0.05, 0.1) is 5.56 Å². The SMILES string of the molecule is NC(=O)CCN(C(=O)COC(=O)c1ccc2c(c1)CCCC2)c1ccc(F)cc1. The zero-order chi connectivity index (χ0) is 20.8. The van der Waals surface area contributed by atoms with E-state index in [0.717, 1.165) is 31.2 Å². The third kappa shape index (κ3) is 5.40. The number of esters is 1. The van der Waals surface area contributed by atoms with Crippen molar-refractivity contribution in [2.24, 2.45) is 5.73 Å². The number of fused-ring (bicyclic) bond motifs is 1. The number of halogens is 1. The van der Waals surface area contributed by atoms with Crippen LogP contribution in [0, 0.1) is 5.82 Å². The minimum atomic E-state index is -0.583. The number of amides is 2. The van der Waals surface area contributed by atoms with Gasteiger partial charge in [0.1, 0.15) is 5.82 Å². The highest BCUT2D eigenvalue weighted by Gasteiger charge is 2.20. The smallest absolute Gasteiger partial charge is 0.338 e. The van der Waals surface area contributed by atoms with E-state index in [1.54, 1.807) is 6.07 Å². The summed E-state index contributed by atoms with van der Waals surface area (Å²) in [5, 5.41) is 0. The third-order valence-electron chi connectivity index (χ3n) is 4.93. The Morgan fingerprint density at radius 2 is 1.69 bits per heavy atom. The number of carbonyl (C=O) groups excluding carboxylic acids is 3. The molecule has 152 valence electrons. The molecule has 2 aromatic carbocycles. The summed E-state index contributed by atoms with van der Waals surface area (Å²) in [6, 6.07) is 10.7. The van der Waals surface area contributed by atoms with Gasteiger partial charge in [0.25, 0.3) is 5.91 Å². The number of hydrogen-bond donors (Lipinski definition) is 1. The monoisotopic (exact) mass is 398 g/mol. The van der Waals surface area contributed by atoms with Gasteiger partial charge >= 0.3 is 5.97 Å². The van der Waals surface area contributed by atoms with Crippen molar-refractivity contribution in [1.29, 1.82) is 0 Å². The van der Waals surface area contributed by atoms with Gasteiger partial charge in [-0.3, -0.25) is 9.59 Å². The summed E-state index contributed by atoms with van der Waals surface area (Å²) < 4.78 is 18.4. The number of hydrogen-bond acceptors (Lipinski definition) is 4. The highest BCUT2D eigenvalue weighted by Crippen LogP contribution is 2.22. The van der Waals surface area contributed by atoms with E-state index in [9.17, 15) is 18.8 Å². The average Bonchev–Trinajstić information content (AvgIpc) is 2.72. The summed E-state index contributed by atoms with van der Waals surface area (Å²) >= 11 is 0. The number of primary amides is 1. The number of nitrogens with zero attached hydrogens (tertiary/aromatic N) is 1. The molecule has 1 aliphatic carbocycles. The van der Waals surface area contributed by atoms with Gasteiger partial charge in [-0.2, -0.15) is 0 Å². The first-order valence-corrected chi connectivity index (χ1v) is 9.57. The molecule has 3 rings (SSSR count). The molecule has 0 bridgehead atoms. The van der Waals surface area contributed by atoms with Crippen molar-refractivity contribution >= 4 is 23.5 Å². The quantitative estimate of drug-likeness (QED) is 0.726. The minimum Gasteiger partial charge on any atom is -0.452 e. The number of aryl methyl sites for hydroxylation is 2. The average molecular weight is 398 g/mol.